The lowest BCUT2D eigenvalue weighted by molar-refractivity contribution is 0.472. The van der Waals surface area contributed by atoms with Crippen LogP contribution in [-0.2, 0) is 6.54 Å². The molecular formula is C12H21BrN2S. The summed E-state index contributed by atoms with van der Waals surface area (Å²) in [6.45, 7) is 9.75. The molecule has 16 heavy (non-hydrogen) atoms. The topological polar surface area (TPSA) is 24.1 Å². The molecule has 1 rings (SSSR count). The van der Waals surface area contributed by atoms with E-state index >= 15 is 0 Å². The molecule has 0 saturated heterocycles. The normalized spacial score (nSPS) is 13.3. The SMILES string of the molecule is CC(C)CNCC(C)NCc1csc(Br)c1. The summed E-state index contributed by atoms with van der Waals surface area (Å²) >= 11 is 5.21. The van der Waals surface area contributed by atoms with Gasteiger partial charge in [-0.25, -0.2) is 0 Å². The summed E-state index contributed by atoms with van der Waals surface area (Å²) in [4.78, 5) is 0. The van der Waals surface area contributed by atoms with Crippen LogP contribution < -0.4 is 10.6 Å². The highest BCUT2D eigenvalue weighted by Gasteiger charge is 2.03. The van der Waals surface area contributed by atoms with Crippen LogP contribution in [-0.4, -0.2) is 19.1 Å². The van der Waals surface area contributed by atoms with Gasteiger partial charge in [-0.2, -0.15) is 0 Å². The molecule has 0 amide bonds. The summed E-state index contributed by atoms with van der Waals surface area (Å²) in [5.41, 5.74) is 1.35. The summed E-state index contributed by atoms with van der Waals surface area (Å²) in [5.74, 6) is 0.722. The van der Waals surface area contributed by atoms with Crippen LogP contribution in [0.1, 0.15) is 26.3 Å². The maximum atomic E-state index is 3.51. The van der Waals surface area contributed by atoms with Crippen molar-refractivity contribution in [2.45, 2.75) is 33.4 Å². The van der Waals surface area contributed by atoms with Gasteiger partial charge in [0.25, 0.3) is 0 Å². The second-order valence-corrected chi connectivity index (χ2v) is 6.88. The molecule has 2 N–H and O–H groups in total. The Morgan fingerprint density at radius 2 is 2.06 bits per heavy atom. The average molecular weight is 305 g/mol. The lowest BCUT2D eigenvalue weighted by Crippen LogP contribution is -2.37. The Bertz CT molecular complexity index is 299. The fourth-order valence-corrected chi connectivity index (χ4v) is 2.60. The zero-order valence-corrected chi connectivity index (χ0v) is 12.6. The van der Waals surface area contributed by atoms with Gasteiger partial charge in [-0.05, 0) is 52.3 Å². The van der Waals surface area contributed by atoms with E-state index in [0.717, 1.165) is 25.6 Å². The van der Waals surface area contributed by atoms with Crippen molar-refractivity contribution in [3.63, 3.8) is 0 Å². The van der Waals surface area contributed by atoms with Crippen LogP contribution in [0.3, 0.4) is 0 Å². The summed E-state index contributed by atoms with van der Waals surface area (Å²) in [6, 6.07) is 2.68. The third-order valence-corrected chi connectivity index (χ3v) is 3.83. The molecule has 0 aliphatic rings. The standard InChI is InChI=1S/C12H21BrN2S/c1-9(2)5-14-6-10(3)15-7-11-4-12(13)16-8-11/h4,8-10,14-15H,5-7H2,1-3H3. The third kappa shape index (κ3) is 5.99. The van der Waals surface area contributed by atoms with E-state index in [1.165, 1.54) is 9.35 Å². The Balaban J connectivity index is 2.12. The van der Waals surface area contributed by atoms with E-state index in [1.807, 2.05) is 0 Å². The number of hydrogen-bond acceptors (Lipinski definition) is 3. The van der Waals surface area contributed by atoms with E-state index in [-0.39, 0.29) is 0 Å². The Hall–Kier alpha value is 0.100. The van der Waals surface area contributed by atoms with Crippen molar-refractivity contribution < 1.29 is 0 Å². The molecule has 0 radical (unpaired) electrons. The lowest BCUT2D eigenvalue weighted by atomic mass is 10.2. The van der Waals surface area contributed by atoms with Gasteiger partial charge in [-0.15, -0.1) is 11.3 Å². The fraction of sp³-hybridized carbons (Fsp3) is 0.667. The highest BCUT2D eigenvalue weighted by atomic mass is 79.9. The van der Waals surface area contributed by atoms with E-state index < -0.39 is 0 Å². The number of halogens is 1. The largest absolute Gasteiger partial charge is 0.315 e. The first-order chi connectivity index (χ1) is 7.58. The molecular weight excluding hydrogens is 284 g/mol. The van der Waals surface area contributed by atoms with Gasteiger partial charge in [0, 0.05) is 19.1 Å². The molecule has 0 aliphatic heterocycles. The van der Waals surface area contributed by atoms with Crippen molar-refractivity contribution in [3.05, 3.63) is 20.8 Å². The summed E-state index contributed by atoms with van der Waals surface area (Å²) in [6.07, 6.45) is 0. The molecule has 0 aliphatic carbocycles. The molecule has 0 aromatic carbocycles. The maximum absolute atomic E-state index is 3.51. The van der Waals surface area contributed by atoms with E-state index in [2.05, 4.69) is 58.8 Å². The summed E-state index contributed by atoms with van der Waals surface area (Å²) < 4.78 is 1.20. The van der Waals surface area contributed by atoms with Crippen molar-refractivity contribution in [1.29, 1.82) is 0 Å². The van der Waals surface area contributed by atoms with Gasteiger partial charge in [-0.3, -0.25) is 0 Å². The van der Waals surface area contributed by atoms with Crippen LogP contribution >= 0.6 is 27.3 Å². The maximum Gasteiger partial charge on any atom is 0.0701 e. The molecule has 1 aromatic rings. The lowest BCUT2D eigenvalue weighted by Gasteiger charge is -2.15. The quantitative estimate of drug-likeness (QED) is 0.808. The zero-order valence-electron chi connectivity index (χ0n) is 10.2. The first-order valence-electron chi connectivity index (χ1n) is 5.75. The summed E-state index contributed by atoms with van der Waals surface area (Å²) in [5, 5.41) is 9.15. The van der Waals surface area contributed by atoms with Gasteiger partial charge >= 0.3 is 0 Å². The van der Waals surface area contributed by atoms with E-state index in [9.17, 15) is 0 Å². The van der Waals surface area contributed by atoms with Crippen molar-refractivity contribution in [1.82, 2.24) is 10.6 Å². The Kier molecular flexibility index (Phi) is 6.58. The molecule has 92 valence electrons. The number of hydrogen-bond donors (Lipinski definition) is 2. The highest BCUT2D eigenvalue weighted by molar-refractivity contribution is 9.11. The minimum Gasteiger partial charge on any atom is -0.315 e. The van der Waals surface area contributed by atoms with Gasteiger partial charge in [0.1, 0.15) is 0 Å². The predicted molar refractivity (Wildman–Crippen MR) is 76.0 cm³/mol. The molecule has 0 bridgehead atoms. The molecule has 1 aromatic heterocycles. The van der Waals surface area contributed by atoms with E-state index in [0.29, 0.717) is 6.04 Å². The van der Waals surface area contributed by atoms with Crippen LogP contribution in [0.2, 0.25) is 0 Å². The predicted octanol–water partition coefficient (Wildman–Crippen LogP) is 3.23. The molecule has 4 heteroatoms. The highest BCUT2D eigenvalue weighted by Crippen LogP contribution is 2.20. The summed E-state index contributed by atoms with van der Waals surface area (Å²) in [7, 11) is 0. The molecule has 1 heterocycles. The zero-order chi connectivity index (χ0) is 12.0. The Labute approximate surface area is 111 Å². The van der Waals surface area contributed by atoms with Gasteiger partial charge < -0.3 is 10.6 Å². The van der Waals surface area contributed by atoms with Gasteiger partial charge in [0.05, 0.1) is 3.79 Å². The van der Waals surface area contributed by atoms with E-state index in [4.69, 9.17) is 0 Å². The Morgan fingerprint density at radius 3 is 2.62 bits per heavy atom. The smallest absolute Gasteiger partial charge is 0.0701 e. The monoisotopic (exact) mass is 304 g/mol. The van der Waals surface area contributed by atoms with Crippen LogP contribution in [0.25, 0.3) is 0 Å². The van der Waals surface area contributed by atoms with Crippen molar-refractivity contribution in [2.24, 2.45) is 5.92 Å². The third-order valence-electron chi connectivity index (χ3n) is 2.28. The molecule has 0 spiro atoms. The fourth-order valence-electron chi connectivity index (χ4n) is 1.39. The van der Waals surface area contributed by atoms with Crippen molar-refractivity contribution >= 4 is 27.3 Å². The minimum atomic E-state index is 0.512. The van der Waals surface area contributed by atoms with Gasteiger partial charge in [0.15, 0.2) is 0 Å². The molecule has 2 nitrogen and oxygen atoms in total. The number of nitrogens with one attached hydrogen (secondary N) is 2. The molecule has 0 fully saturated rings. The van der Waals surface area contributed by atoms with Crippen LogP contribution in [0.4, 0.5) is 0 Å². The van der Waals surface area contributed by atoms with Gasteiger partial charge in [0.2, 0.25) is 0 Å². The van der Waals surface area contributed by atoms with Crippen molar-refractivity contribution in [2.75, 3.05) is 13.1 Å². The Morgan fingerprint density at radius 1 is 1.31 bits per heavy atom. The molecule has 1 atom stereocenters. The van der Waals surface area contributed by atoms with Crippen LogP contribution in [0.15, 0.2) is 15.2 Å². The van der Waals surface area contributed by atoms with Crippen LogP contribution in [0, 0.1) is 5.92 Å². The second kappa shape index (κ2) is 7.43. The van der Waals surface area contributed by atoms with Crippen LogP contribution in [0.5, 0.6) is 0 Å². The number of rotatable bonds is 7. The minimum absolute atomic E-state index is 0.512. The first-order valence-corrected chi connectivity index (χ1v) is 7.42. The molecule has 0 saturated carbocycles. The molecule has 1 unspecified atom stereocenters. The van der Waals surface area contributed by atoms with E-state index in [1.54, 1.807) is 11.3 Å². The second-order valence-electron chi connectivity index (χ2n) is 4.59. The average Bonchev–Trinajstić information content (AvgIpc) is 2.61. The first kappa shape index (κ1) is 14.2. The number of thiophene rings is 1. The van der Waals surface area contributed by atoms with Gasteiger partial charge in [-0.1, -0.05) is 13.8 Å². The van der Waals surface area contributed by atoms with Crippen molar-refractivity contribution in [3.8, 4) is 0 Å².